The quantitative estimate of drug-likeness (QED) is 0.878. The molecule has 1 saturated carbocycles. The molecule has 1 unspecified atom stereocenters. The Morgan fingerprint density at radius 2 is 2.20 bits per heavy atom. The van der Waals surface area contributed by atoms with Gasteiger partial charge in [-0.15, -0.1) is 0 Å². The summed E-state index contributed by atoms with van der Waals surface area (Å²) in [6.07, 6.45) is 5.07. The number of hydrogen-bond acceptors (Lipinski definition) is 1. The highest BCUT2D eigenvalue weighted by molar-refractivity contribution is 9.10. The van der Waals surface area contributed by atoms with Gasteiger partial charge in [0.2, 0.25) is 0 Å². The van der Waals surface area contributed by atoms with Crippen molar-refractivity contribution in [2.24, 2.45) is 11.7 Å². The fraction of sp³-hybridized carbons (Fsp3) is 0.500. The third kappa shape index (κ3) is 3.20. The van der Waals surface area contributed by atoms with Crippen LogP contribution in [0.3, 0.4) is 0 Å². The lowest BCUT2D eigenvalue weighted by molar-refractivity contribution is 0.575. The predicted octanol–water partition coefficient (Wildman–Crippen LogP) is 4.29. The smallest absolute Gasteiger partial charge is 0.0464 e. The molecule has 1 atom stereocenters. The predicted molar refractivity (Wildman–Crippen MR) is 68.0 cm³/mol. The summed E-state index contributed by atoms with van der Waals surface area (Å²) in [5.41, 5.74) is 7.19. The molecule has 0 heterocycles. The van der Waals surface area contributed by atoms with E-state index in [1.807, 2.05) is 18.2 Å². The zero-order valence-electron chi connectivity index (χ0n) is 8.55. The molecule has 3 heteroatoms. The van der Waals surface area contributed by atoms with Crippen molar-refractivity contribution in [3.63, 3.8) is 0 Å². The molecule has 1 aliphatic carbocycles. The zero-order chi connectivity index (χ0) is 10.8. The van der Waals surface area contributed by atoms with Crippen molar-refractivity contribution in [3.05, 3.63) is 33.3 Å². The molecule has 15 heavy (non-hydrogen) atoms. The molecule has 2 rings (SSSR count). The lowest BCUT2D eigenvalue weighted by atomic mass is 10.0. The maximum Gasteiger partial charge on any atom is 0.0464 e. The van der Waals surface area contributed by atoms with Gasteiger partial charge in [-0.05, 0) is 36.5 Å². The van der Waals surface area contributed by atoms with E-state index >= 15 is 0 Å². The van der Waals surface area contributed by atoms with Crippen molar-refractivity contribution in [1.82, 2.24) is 0 Å². The van der Waals surface area contributed by atoms with Crippen LogP contribution in [0.1, 0.15) is 37.3 Å². The summed E-state index contributed by atoms with van der Waals surface area (Å²) < 4.78 is 1.01. The molecule has 82 valence electrons. The topological polar surface area (TPSA) is 26.0 Å². The van der Waals surface area contributed by atoms with Crippen LogP contribution in [-0.4, -0.2) is 0 Å². The Kier molecular flexibility index (Phi) is 3.70. The first kappa shape index (κ1) is 11.4. The van der Waals surface area contributed by atoms with E-state index in [-0.39, 0.29) is 6.04 Å². The van der Waals surface area contributed by atoms with Crippen molar-refractivity contribution >= 4 is 27.5 Å². The number of nitrogens with two attached hydrogens (primary N) is 1. The molecular formula is C12H15BrClN. The Morgan fingerprint density at radius 3 is 2.80 bits per heavy atom. The molecule has 2 N–H and O–H groups in total. The van der Waals surface area contributed by atoms with Gasteiger partial charge in [0.05, 0.1) is 0 Å². The van der Waals surface area contributed by atoms with Gasteiger partial charge in [-0.3, -0.25) is 0 Å². The second-order valence-corrected chi connectivity index (χ2v) is 5.62. The van der Waals surface area contributed by atoms with Crippen LogP contribution >= 0.6 is 27.5 Å². The summed E-state index contributed by atoms with van der Waals surface area (Å²) in [6.45, 7) is 0. The van der Waals surface area contributed by atoms with E-state index in [2.05, 4.69) is 15.9 Å². The van der Waals surface area contributed by atoms with Crippen LogP contribution in [0.15, 0.2) is 22.7 Å². The molecule has 1 aliphatic rings. The number of halogens is 2. The minimum absolute atomic E-state index is 0.0891. The molecule has 0 radical (unpaired) electrons. The van der Waals surface area contributed by atoms with Gasteiger partial charge in [-0.2, -0.15) is 0 Å². The van der Waals surface area contributed by atoms with Crippen molar-refractivity contribution < 1.29 is 0 Å². The summed E-state index contributed by atoms with van der Waals surface area (Å²) >= 11 is 9.54. The Hall–Kier alpha value is -0.0500. The molecule has 0 amide bonds. The monoisotopic (exact) mass is 287 g/mol. The lowest BCUT2D eigenvalue weighted by Crippen LogP contribution is -2.10. The van der Waals surface area contributed by atoms with E-state index in [0.29, 0.717) is 0 Å². The Morgan fingerprint density at radius 1 is 1.47 bits per heavy atom. The van der Waals surface area contributed by atoms with Crippen LogP contribution in [0, 0.1) is 5.92 Å². The van der Waals surface area contributed by atoms with Gasteiger partial charge >= 0.3 is 0 Å². The van der Waals surface area contributed by atoms with E-state index < -0.39 is 0 Å². The Balaban J connectivity index is 1.99. The van der Waals surface area contributed by atoms with Gasteiger partial charge in [0.25, 0.3) is 0 Å². The first-order valence-electron chi connectivity index (χ1n) is 5.37. The van der Waals surface area contributed by atoms with E-state index in [0.717, 1.165) is 27.4 Å². The highest BCUT2D eigenvalue weighted by atomic mass is 79.9. The summed E-state index contributed by atoms with van der Waals surface area (Å²) in [5.74, 6) is 0.935. The van der Waals surface area contributed by atoms with E-state index in [1.54, 1.807) is 0 Å². The Bertz CT molecular complexity index is 349. The SMILES string of the molecule is NC(CCC1CC1)c1ccc(Br)cc1Cl. The van der Waals surface area contributed by atoms with Gasteiger partial charge in [-0.25, -0.2) is 0 Å². The molecule has 1 nitrogen and oxygen atoms in total. The molecule has 1 aromatic rings. The van der Waals surface area contributed by atoms with E-state index in [1.165, 1.54) is 19.3 Å². The lowest BCUT2D eigenvalue weighted by Gasteiger charge is -2.13. The van der Waals surface area contributed by atoms with Crippen molar-refractivity contribution in [1.29, 1.82) is 0 Å². The van der Waals surface area contributed by atoms with Crippen molar-refractivity contribution in [2.75, 3.05) is 0 Å². The summed E-state index contributed by atoms with van der Waals surface area (Å²) in [4.78, 5) is 0. The first-order valence-corrected chi connectivity index (χ1v) is 6.54. The van der Waals surface area contributed by atoms with Crippen LogP contribution in [0.4, 0.5) is 0 Å². The van der Waals surface area contributed by atoms with Crippen molar-refractivity contribution in [2.45, 2.75) is 31.7 Å². The third-order valence-electron chi connectivity index (χ3n) is 2.94. The standard InChI is InChI=1S/C12H15BrClN/c13-9-4-5-10(11(14)7-9)12(15)6-3-8-1-2-8/h4-5,7-8,12H,1-3,6,15H2. The molecular weight excluding hydrogens is 273 g/mol. The van der Waals surface area contributed by atoms with Gasteiger partial charge < -0.3 is 5.73 Å². The van der Waals surface area contributed by atoms with Gasteiger partial charge in [0.1, 0.15) is 0 Å². The highest BCUT2D eigenvalue weighted by Crippen LogP contribution is 2.36. The maximum atomic E-state index is 6.15. The summed E-state index contributed by atoms with van der Waals surface area (Å²) in [5, 5.41) is 0.771. The molecule has 0 aliphatic heterocycles. The third-order valence-corrected chi connectivity index (χ3v) is 3.77. The first-order chi connectivity index (χ1) is 7.16. The number of benzene rings is 1. The van der Waals surface area contributed by atoms with Gasteiger partial charge in [0.15, 0.2) is 0 Å². The second-order valence-electron chi connectivity index (χ2n) is 4.29. The van der Waals surface area contributed by atoms with Crippen LogP contribution < -0.4 is 5.73 Å². The maximum absolute atomic E-state index is 6.15. The second kappa shape index (κ2) is 4.86. The molecule has 1 aromatic carbocycles. The molecule has 1 fully saturated rings. The fourth-order valence-corrected chi connectivity index (χ4v) is 2.59. The minimum atomic E-state index is 0.0891. The average Bonchev–Trinajstić information content (AvgIpc) is 2.97. The molecule has 0 spiro atoms. The molecule has 0 aromatic heterocycles. The van der Waals surface area contributed by atoms with Crippen LogP contribution in [0.5, 0.6) is 0 Å². The average molecular weight is 289 g/mol. The van der Waals surface area contributed by atoms with Crippen LogP contribution in [0.25, 0.3) is 0 Å². The van der Waals surface area contributed by atoms with E-state index in [4.69, 9.17) is 17.3 Å². The van der Waals surface area contributed by atoms with Crippen LogP contribution in [0.2, 0.25) is 5.02 Å². The van der Waals surface area contributed by atoms with Crippen LogP contribution in [-0.2, 0) is 0 Å². The minimum Gasteiger partial charge on any atom is -0.324 e. The molecule has 0 saturated heterocycles. The van der Waals surface area contributed by atoms with Gasteiger partial charge in [-0.1, -0.05) is 46.4 Å². The number of hydrogen-bond donors (Lipinski definition) is 1. The van der Waals surface area contributed by atoms with E-state index in [9.17, 15) is 0 Å². The number of rotatable bonds is 4. The highest BCUT2D eigenvalue weighted by Gasteiger charge is 2.22. The largest absolute Gasteiger partial charge is 0.324 e. The van der Waals surface area contributed by atoms with Crippen molar-refractivity contribution in [3.8, 4) is 0 Å². The summed E-state index contributed by atoms with van der Waals surface area (Å²) in [7, 11) is 0. The normalized spacial score (nSPS) is 17.8. The Labute approximate surface area is 104 Å². The zero-order valence-corrected chi connectivity index (χ0v) is 10.9. The molecule has 0 bridgehead atoms. The fourth-order valence-electron chi connectivity index (χ4n) is 1.78. The van der Waals surface area contributed by atoms with Gasteiger partial charge in [0, 0.05) is 15.5 Å². The summed E-state index contributed by atoms with van der Waals surface area (Å²) in [6, 6.07) is 6.02.